The van der Waals surface area contributed by atoms with Crippen LogP contribution < -0.4 is 5.32 Å². The summed E-state index contributed by atoms with van der Waals surface area (Å²) in [5.74, 6) is 0.442. The van der Waals surface area contributed by atoms with Crippen molar-refractivity contribution in [2.24, 2.45) is 5.92 Å². The third kappa shape index (κ3) is 3.82. The minimum Gasteiger partial charge on any atom is -0.342 e. The van der Waals surface area contributed by atoms with Crippen LogP contribution in [0.25, 0.3) is 0 Å². The van der Waals surface area contributed by atoms with Gasteiger partial charge in [-0.15, -0.1) is 0 Å². The van der Waals surface area contributed by atoms with Gasteiger partial charge in [-0.3, -0.25) is 4.79 Å². The number of hydrogen-bond donors (Lipinski definition) is 1. The van der Waals surface area contributed by atoms with E-state index in [2.05, 4.69) is 19.2 Å². The van der Waals surface area contributed by atoms with E-state index in [9.17, 15) is 4.79 Å². The molecule has 3 nitrogen and oxygen atoms in total. The molecule has 90 valence electrons. The molecule has 1 aliphatic rings. The first kappa shape index (κ1) is 12.5. The second-order valence-electron chi connectivity index (χ2n) is 5.08. The molecule has 0 aromatic carbocycles. The van der Waals surface area contributed by atoms with Crippen molar-refractivity contribution >= 4 is 5.91 Å². The summed E-state index contributed by atoms with van der Waals surface area (Å²) in [6.07, 6.45) is 2.19. The van der Waals surface area contributed by atoms with E-state index in [0.29, 0.717) is 18.0 Å². The molecule has 1 rings (SSSR count). The summed E-state index contributed by atoms with van der Waals surface area (Å²) in [4.78, 5) is 13.7. The molecule has 0 unspecified atom stereocenters. The fourth-order valence-corrected chi connectivity index (χ4v) is 2.10. The van der Waals surface area contributed by atoms with Gasteiger partial charge in [-0.25, -0.2) is 0 Å². The van der Waals surface area contributed by atoms with Gasteiger partial charge >= 0.3 is 0 Å². The maximum Gasteiger partial charge on any atom is 0.225 e. The highest BCUT2D eigenvalue weighted by atomic mass is 16.2. The Bertz CT molecular complexity index is 211. The molecule has 0 saturated carbocycles. The molecule has 1 fully saturated rings. The first-order chi connectivity index (χ1) is 7.00. The maximum absolute atomic E-state index is 11.7. The standard InChI is InChI=1S/C12H24N2O.H2/c1-9(2)12(15)14-7-5-11(6-8-14)13-10(3)4;/h9-11,13H,5-8H2,1-4H3;1H. The highest BCUT2D eigenvalue weighted by Gasteiger charge is 2.24. The Morgan fingerprint density at radius 2 is 1.80 bits per heavy atom. The van der Waals surface area contributed by atoms with E-state index in [1.807, 2.05) is 18.7 Å². The van der Waals surface area contributed by atoms with Gasteiger partial charge in [0.1, 0.15) is 0 Å². The first-order valence-electron chi connectivity index (χ1n) is 6.05. The Hall–Kier alpha value is -0.570. The van der Waals surface area contributed by atoms with Gasteiger partial charge in [0.05, 0.1) is 0 Å². The Balaban J connectivity index is 0.00000225. The number of rotatable bonds is 3. The van der Waals surface area contributed by atoms with Crippen LogP contribution in [0.2, 0.25) is 0 Å². The minimum absolute atomic E-state index is 0. The molecular formula is C12H26N2O. The van der Waals surface area contributed by atoms with Crippen LogP contribution in [0.1, 0.15) is 42.0 Å². The van der Waals surface area contributed by atoms with Gasteiger partial charge in [0.2, 0.25) is 5.91 Å². The Labute approximate surface area is 94.7 Å². The predicted octanol–water partition coefficient (Wildman–Crippen LogP) is 1.88. The summed E-state index contributed by atoms with van der Waals surface area (Å²) in [6.45, 7) is 10.1. The van der Waals surface area contributed by atoms with Crippen LogP contribution >= 0.6 is 0 Å². The fraction of sp³-hybridized carbons (Fsp3) is 0.917. The van der Waals surface area contributed by atoms with Crippen LogP contribution in [0.3, 0.4) is 0 Å². The summed E-state index contributed by atoms with van der Waals surface area (Å²) in [7, 11) is 0. The lowest BCUT2D eigenvalue weighted by atomic mass is 10.0. The number of amides is 1. The van der Waals surface area contributed by atoms with Crippen LogP contribution in [0.4, 0.5) is 0 Å². The summed E-state index contributed by atoms with van der Waals surface area (Å²) in [5.41, 5.74) is 0. The van der Waals surface area contributed by atoms with Crippen LogP contribution in [0.5, 0.6) is 0 Å². The zero-order chi connectivity index (χ0) is 11.4. The van der Waals surface area contributed by atoms with Crippen molar-refractivity contribution in [1.82, 2.24) is 10.2 Å². The van der Waals surface area contributed by atoms with Crippen molar-refractivity contribution in [2.45, 2.75) is 52.6 Å². The van der Waals surface area contributed by atoms with Gasteiger partial charge in [-0.2, -0.15) is 0 Å². The van der Waals surface area contributed by atoms with Crippen molar-refractivity contribution in [1.29, 1.82) is 0 Å². The molecule has 15 heavy (non-hydrogen) atoms. The molecule has 1 N–H and O–H groups in total. The van der Waals surface area contributed by atoms with E-state index >= 15 is 0 Å². The van der Waals surface area contributed by atoms with E-state index in [4.69, 9.17) is 0 Å². The average molecular weight is 214 g/mol. The topological polar surface area (TPSA) is 32.3 Å². The van der Waals surface area contributed by atoms with Crippen LogP contribution in [0.15, 0.2) is 0 Å². The zero-order valence-corrected chi connectivity index (χ0v) is 10.4. The average Bonchev–Trinajstić information content (AvgIpc) is 2.17. The second-order valence-corrected chi connectivity index (χ2v) is 5.08. The number of nitrogens with zero attached hydrogens (tertiary/aromatic N) is 1. The number of carbonyl (C=O) groups excluding carboxylic acids is 1. The minimum atomic E-state index is 0. The Morgan fingerprint density at radius 3 is 2.20 bits per heavy atom. The van der Waals surface area contributed by atoms with Crippen molar-refractivity contribution in [2.75, 3.05) is 13.1 Å². The van der Waals surface area contributed by atoms with Gasteiger partial charge < -0.3 is 10.2 Å². The quantitative estimate of drug-likeness (QED) is 0.778. The highest BCUT2D eigenvalue weighted by molar-refractivity contribution is 5.78. The maximum atomic E-state index is 11.7. The van der Waals surface area contributed by atoms with Gasteiger partial charge in [-0.1, -0.05) is 27.7 Å². The van der Waals surface area contributed by atoms with Gasteiger partial charge in [0.15, 0.2) is 0 Å². The summed E-state index contributed by atoms with van der Waals surface area (Å²) < 4.78 is 0. The predicted molar refractivity (Wildman–Crippen MR) is 64.8 cm³/mol. The lowest BCUT2D eigenvalue weighted by Gasteiger charge is -2.34. The number of carbonyl (C=O) groups is 1. The molecule has 1 heterocycles. The molecule has 0 aromatic rings. The zero-order valence-electron chi connectivity index (χ0n) is 10.4. The van der Waals surface area contributed by atoms with Crippen LogP contribution in [0, 0.1) is 5.92 Å². The van der Waals surface area contributed by atoms with Crippen molar-refractivity contribution in [3.8, 4) is 0 Å². The fourth-order valence-electron chi connectivity index (χ4n) is 2.10. The SMILES string of the molecule is CC(C)NC1CCN(C(=O)C(C)C)CC1.[HH]. The Kier molecular flexibility index (Phi) is 4.58. The molecule has 1 saturated heterocycles. The van der Waals surface area contributed by atoms with Gasteiger partial charge in [-0.05, 0) is 12.8 Å². The largest absolute Gasteiger partial charge is 0.342 e. The molecule has 0 aliphatic carbocycles. The normalized spacial score (nSPS) is 18.9. The van der Waals surface area contributed by atoms with Crippen LogP contribution in [-0.4, -0.2) is 36.0 Å². The summed E-state index contributed by atoms with van der Waals surface area (Å²) >= 11 is 0. The second kappa shape index (κ2) is 5.50. The monoisotopic (exact) mass is 214 g/mol. The number of hydrogen-bond acceptors (Lipinski definition) is 2. The summed E-state index contributed by atoms with van der Waals surface area (Å²) in [6, 6.07) is 1.14. The van der Waals surface area contributed by atoms with Crippen molar-refractivity contribution in [3.63, 3.8) is 0 Å². The number of piperidine rings is 1. The Morgan fingerprint density at radius 1 is 1.27 bits per heavy atom. The van der Waals surface area contributed by atoms with E-state index in [1.165, 1.54) is 0 Å². The first-order valence-corrected chi connectivity index (χ1v) is 6.05. The van der Waals surface area contributed by atoms with E-state index in [1.54, 1.807) is 0 Å². The van der Waals surface area contributed by atoms with Crippen molar-refractivity contribution < 1.29 is 6.22 Å². The van der Waals surface area contributed by atoms with E-state index < -0.39 is 0 Å². The third-order valence-electron chi connectivity index (χ3n) is 2.87. The molecule has 0 radical (unpaired) electrons. The smallest absolute Gasteiger partial charge is 0.225 e. The molecule has 0 bridgehead atoms. The van der Waals surface area contributed by atoms with Crippen molar-refractivity contribution in [3.05, 3.63) is 0 Å². The van der Waals surface area contributed by atoms with Crippen LogP contribution in [-0.2, 0) is 4.79 Å². The number of nitrogens with one attached hydrogen (secondary N) is 1. The molecule has 3 heteroatoms. The molecule has 1 aliphatic heterocycles. The van der Waals surface area contributed by atoms with E-state index in [-0.39, 0.29) is 7.34 Å². The van der Waals surface area contributed by atoms with Gasteiger partial charge in [0.25, 0.3) is 0 Å². The third-order valence-corrected chi connectivity index (χ3v) is 2.87. The lowest BCUT2D eigenvalue weighted by molar-refractivity contribution is -0.135. The van der Waals surface area contributed by atoms with Gasteiger partial charge in [0, 0.05) is 32.5 Å². The lowest BCUT2D eigenvalue weighted by Crippen LogP contribution is -2.47. The molecule has 0 spiro atoms. The molecule has 1 amide bonds. The molecular weight excluding hydrogens is 188 g/mol. The summed E-state index contributed by atoms with van der Waals surface area (Å²) in [5, 5.41) is 3.53. The van der Waals surface area contributed by atoms with E-state index in [0.717, 1.165) is 25.9 Å². The molecule has 0 atom stereocenters. The highest BCUT2D eigenvalue weighted by Crippen LogP contribution is 2.13. The number of likely N-dealkylation sites (tertiary alicyclic amines) is 1. The molecule has 0 aromatic heterocycles.